The lowest BCUT2D eigenvalue weighted by Crippen LogP contribution is -2.32. The molecule has 4 rings (SSSR count). The van der Waals surface area contributed by atoms with Gasteiger partial charge in [0.1, 0.15) is 12.4 Å². The Labute approximate surface area is 185 Å². The molecule has 1 heterocycles. The molecule has 4 aromatic rings. The van der Waals surface area contributed by atoms with E-state index in [1.807, 2.05) is 0 Å². The molecule has 31 heavy (non-hydrogen) atoms. The number of ether oxygens (including phenoxy) is 1. The molecule has 156 valence electrons. The van der Waals surface area contributed by atoms with Crippen molar-refractivity contribution in [2.24, 2.45) is 5.10 Å². The molecule has 0 fully saturated rings. The van der Waals surface area contributed by atoms with Gasteiger partial charge in [0.15, 0.2) is 5.75 Å². The standard InChI is InChI=1S/C22H14Cl2FN3O3/c23-16-9-13(10-17(24)20(16)31-12-14-5-1-3-7-18(14)25)11-26-28-21(29)15-6-2-4-8-19(15)27-22(28)30/h1-11H,12H2,(H,27,30). The smallest absolute Gasteiger partial charge is 0.349 e. The molecule has 0 saturated carbocycles. The van der Waals surface area contributed by atoms with E-state index in [-0.39, 0.29) is 22.4 Å². The van der Waals surface area contributed by atoms with Crippen molar-refractivity contribution in [3.8, 4) is 5.75 Å². The number of benzene rings is 3. The van der Waals surface area contributed by atoms with Crippen LogP contribution in [0.1, 0.15) is 11.1 Å². The lowest BCUT2D eigenvalue weighted by Gasteiger charge is -2.11. The molecule has 3 aromatic carbocycles. The van der Waals surface area contributed by atoms with E-state index in [4.69, 9.17) is 27.9 Å². The van der Waals surface area contributed by atoms with Crippen LogP contribution in [-0.4, -0.2) is 15.9 Å². The summed E-state index contributed by atoms with van der Waals surface area (Å²) in [6.45, 7) is -0.0542. The fourth-order valence-electron chi connectivity index (χ4n) is 2.94. The van der Waals surface area contributed by atoms with E-state index < -0.39 is 17.1 Å². The molecule has 1 N–H and O–H groups in total. The second kappa shape index (κ2) is 8.75. The van der Waals surface area contributed by atoms with Crippen LogP contribution in [0.3, 0.4) is 0 Å². The van der Waals surface area contributed by atoms with Gasteiger partial charge in [-0.3, -0.25) is 4.79 Å². The topological polar surface area (TPSA) is 76.5 Å². The summed E-state index contributed by atoms with van der Waals surface area (Å²) in [5.74, 6) is -0.214. The highest BCUT2D eigenvalue weighted by atomic mass is 35.5. The summed E-state index contributed by atoms with van der Waals surface area (Å²) in [4.78, 5) is 27.3. The number of hydrogen-bond donors (Lipinski definition) is 1. The van der Waals surface area contributed by atoms with E-state index in [0.717, 1.165) is 0 Å². The van der Waals surface area contributed by atoms with E-state index in [1.54, 1.807) is 42.5 Å². The molecule has 6 nitrogen and oxygen atoms in total. The van der Waals surface area contributed by atoms with Crippen molar-refractivity contribution in [1.29, 1.82) is 0 Å². The van der Waals surface area contributed by atoms with Crippen molar-refractivity contribution < 1.29 is 9.13 Å². The van der Waals surface area contributed by atoms with Crippen LogP contribution in [-0.2, 0) is 6.61 Å². The van der Waals surface area contributed by atoms with Crippen molar-refractivity contribution in [1.82, 2.24) is 9.66 Å². The van der Waals surface area contributed by atoms with Crippen LogP contribution in [0.5, 0.6) is 5.75 Å². The number of fused-ring (bicyclic) bond motifs is 1. The molecule has 0 saturated heterocycles. The SMILES string of the molecule is O=c1[nH]c2ccccc2c(=O)n1N=Cc1cc(Cl)c(OCc2ccccc2F)c(Cl)c1. The second-order valence-corrected chi connectivity index (χ2v) is 7.35. The van der Waals surface area contributed by atoms with Gasteiger partial charge in [0.2, 0.25) is 0 Å². The molecule has 1 aromatic heterocycles. The van der Waals surface area contributed by atoms with Gasteiger partial charge < -0.3 is 9.72 Å². The molecule has 0 aliphatic rings. The Morgan fingerprint density at radius 2 is 1.71 bits per heavy atom. The Morgan fingerprint density at radius 3 is 2.45 bits per heavy atom. The first-order valence-electron chi connectivity index (χ1n) is 9.08. The molecular formula is C22H14Cl2FN3O3. The molecule has 0 unspecified atom stereocenters. The summed E-state index contributed by atoms with van der Waals surface area (Å²) in [7, 11) is 0. The molecule has 0 spiro atoms. The van der Waals surface area contributed by atoms with Crippen LogP contribution in [0.2, 0.25) is 10.0 Å². The lowest BCUT2D eigenvalue weighted by molar-refractivity contribution is 0.300. The summed E-state index contributed by atoms with van der Waals surface area (Å²) in [6.07, 6.45) is 1.28. The second-order valence-electron chi connectivity index (χ2n) is 6.53. The van der Waals surface area contributed by atoms with Crippen LogP contribution in [0.4, 0.5) is 4.39 Å². The average Bonchev–Trinajstić information content (AvgIpc) is 2.74. The lowest BCUT2D eigenvalue weighted by atomic mass is 10.2. The highest BCUT2D eigenvalue weighted by Crippen LogP contribution is 2.34. The molecule has 0 amide bonds. The number of para-hydroxylation sites is 1. The number of rotatable bonds is 5. The number of halogens is 3. The number of aromatic nitrogens is 2. The van der Waals surface area contributed by atoms with E-state index >= 15 is 0 Å². The van der Waals surface area contributed by atoms with Crippen LogP contribution in [0.15, 0.2) is 75.4 Å². The number of H-pyrrole nitrogens is 1. The van der Waals surface area contributed by atoms with Gasteiger partial charge in [-0.2, -0.15) is 5.10 Å². The molecule has 0 bridgehead atoms. The van der Waals surface area contributed by atoms with Gasteiger partial charge >= 0.3 is 5.69 Å². The van der Waals surface area contributed by atoms with E-state index in [0.29, 0.717) is 26.7 Å². The van der Waals surface area contributed by atoms with Crippen LogP contribution in [0.25, 0.3) is 10.9 Å². The minimum absolute atomic E-state index is 0.0542. The molecule has 0 aliphatic heterocycles. The minimum Gasteiger partial charge on any atom is -0.486 e. The normalized spacial score (nSPS) is 11.3. The molecule has 0 atom stereocenters. The van der Waals surface area contributed by atoms with Gasteiger partial charge in [-0.1, -0.05) is 53.5 Å². The maximum absolute atomic E-state index is 13.8. The predicted octanol–water partition coefficient (Wildman–Crippen LogP) is 4.60. The van der Waals surface area contributed by atoms with Gasteiger partial charge in [0.05, 0.1) is 27.2 Å². The number of nitrogens with one attached hydrogen (secondary N) is 1. The number of nitrogens with zero attached hydrogens (tertiary/aromatic N) is 2. The third kappa shape index (κ3) is 4.38. The molecule has 0 aliphatic carbocycles. The van der Waals surface area contributed by atoms with Crippen molar-refractivity contribution in [2.45, 2.75) is 6.61 Å². The predicted molar refractivity (Wildman–Crippen MR) is 119 cm³/mol. The fourth-order valence-corrected chi connectivity index (χ4v) is 3.55. The van der Waals surface area contributed by atoms with E-state index in [9.17, 15) is 14.0 Å². The van der Waals surface area contributed by atoms with Gasteiger partial charge in [-0.05, 0) is 35.9 Å². The highest BCUT2D eigenvalue weighted by molar-refractivity contribution is 6.37. The van der Waals surface area contributed by atoms with Gasteiger partial charge in [-0.25, -0.2) is 9.18 Å². The summed E-state index contributed by atoms with van der Waals surface area (Å²) >= 11 is 12.5. The first kappa shape index (κ1) is 20.8. The third-order valence-corrected chi connectivity index (χ3v) is 5.02. The van der Waals surface area contributed by atoms with Gasteiger partial charge in [-0.15, -0.1) is 4.68 Å². The zero-order valence-electron chi connectivity index (χ0n) is 15.8. The zero-order valence-corrected chi connectivity index (χ0v) is 17.3. The Kier molecular flexibility index (Phi) is 5.88. The largest absolute Gasteiger partial charge is 0.486 e. The van der Waals surface area contributed by atoms with Gasteiger partial charge in [0.25, 0.3) is 5.56 Å². The summed E-state index contributed by atoms with van der Waals surface area (Å²) in [5, 5.41) is 4.64. The Hall–Kier alpha value is -3.42. The van der Waals surface area contributed by atoms with E-state index in [1.165, 1.54) is 24.4 Å². The molecule has 0 radical (unpaired) electrons. The van der Waals surface area contributed by atoms with Crippen LogP contribution < -0.4 is 16.0 Å². The number of aromatic amines is 1. The molecule has 9 heteroatoms. The minimum atomic E-state index is -0.679. The third-order valence-electron chi connectivity index (χ3n) is 4.46. The van der Waals surface area contributed by atoms with Crippen molar-refractivity contribution >= 4 is 40.3 Å². The molecular weight excluding hydrogens is 444 g/mol. The van der Waals surface area contributed by atoms with Crippen molar-refractivity contribution in [3.63, 3.8) is 0 Å². The monoisotopic (exact) mass is 457 g/mol. The van der Waals surface area contributed by atoms with Crippen molar-refractivity contribution in [3.05, 3.63) is 108 Å². The first-order valence-corrected chi connectivity index (χ1v) is 9.83. The van der Waals surface area contributed by atoms with Crippen LogP contribution >= 0.6 is 23.2 Å². The Morgan fingerprint density at radius 1 is 1.03 bits per heavy atom. The Bertz CT molecular complexity index is 1410. The van der Waals surface area contributed by atoms with Crippen molar-refractivity contribution in [2.75, 3.05) is 0 Å². The number of hydrogen-bond acceptors (Lipinski definition) is 4. The first-order chi connectivity index (χ1) is 14.9. The van der Waals surface area contributed by atoms with Gasteiger partial charge in [0, 0.05) is 5.56 Å². The summed E-state index contributed by atoms with van der Waals surface area (Å²) in [5.41, 5.74) is -0.0195. The zero-order chi connectivity index (χ0) is 22.0. The highest BCUT2D eigenvalue weighted by Gasteiger charge is 2.11. The van der Waals surface area contributed by atoms with Crippen LogP contribution in [0, 0.1) is 5.82 Å². The fraction of sp³-hybridized carbons (Fsp3) is 0.0455. The maximum Gasteiger partial charge on any atom is 0.349 e. The Balaban J connectivity index is 1.61. The maximum atomic E-state index is 13.8. The summed E-state index contributed by atoms with van der Waals surface area (Å²) in [6, 6.07) is 15.8. The van der Waals surface area contributed by atoms with E-state index in [2.05, 4.69) is 10.1 Å². The summed E-state index contributed by atoms with van der Waals surface area (Å²) < 4.78 is 20.1. The quantitative estimate of drug-likeness (QED) is 0.445. The average molecular weight is 458 g/mol.